The summed E-state index contributed by atoms with van der Waals surface area (Å²) in [7, 11) is 0. The molecule has 2 unspecified atom stereocenters. The first kappa shape index (κ1) is 18.4. The van der Waals surface area contributed by atoms with E-state index < -0.39 is 0 Å². The average Bonchev–Trinajstić information content (AvgIpc) is 3.40. The standard InChI is InChI=1S/C22H24N2O4/c1-13(23)11-15-3-5-17(25-15)19-7-9-21(27-19)22-10-8-20(28-22)18-6-4-16(26-18)12-14(2)24/h3-10,13-14H,11-12,23-24H2,1-2H3. The van der Waals surface area contributed by atoms with Crippen LogP contribution in [0, 0.1) is 0 Å². The molecular weight excluding hydrogens is 356 g/mol. The van der Waals surface area contributed by atoms with E-state index in [-0.39, 0.29) is 12.1 Å². The van der Waals surface area contributed by atoms with Crippen LogP contribution >= 0.6 is 0 Å². The molecule has 0 aliphatic carbocycles. The Morgan fingerprint density at radius 1 is 0.536 bits per heavy atom. The summed E-state index contributed by atoms with van der Waals surface area (Å²) in [5, 5.41) is 0. The molecular formula is C22H24N2O4. The maximum absolute atomic E-state index is 5.92. The minimum Gasteiger partial charge on any atom is -0.458 e. The molecule has 6 heteroatoms. The third-order valence-electron chi connectivity index (χ3n) is 4.31. The minimum atomic E-state index is 0.0443. The predicted octanol–water partition coefficient (Wildman–Crippen LogP) is 4.84. The Kier molecular flexibility index (Phi) is 4.98. The van der Waals surface area contributed by atoms with Gasteiger partial charge in [0.1, 0.15) is 11.5 Å². The molecule has 146 valence electrons. The van der Waals surface area contributed by atoms with Gasteiger partial charge in [0.2, 0.25) is 0 Å². The van der Waals surface area contributed by atoms with Crippen molar-refractivity contribution < 1.29 is 17.7 Å². The molecule has 0 spiro atoms. The van der Waals surface area contributed by atoms with Crippen molar-refractivity contribution in [1.29, 1.82) is 0 Å². The summed E-state index contributed by atoms with van der Waals surface area (Å²) in [6, 6.07) is 15.1. The minimum absolute atomic E-state index is 0.0443. The molecule has 0 aliphatic rings. The zero-order valence-corrected chi connectivity index (χ0v) is 16.0. The molecule has 0 amide bonds. The molecule has 4 aromatic heterocycles. The van der Waals surface area contributed by atoms with E-state index in [1.54, 1.807) is 0 Å². The molecule has 28 heavy (non-hydrogen) atoms. The van der Waals surface area contributed by atoms with Gasteiger partial charge in [0, 0.05) is 24.9 Å². The first-order valence-corrected chi connectivity index (χ1v) is 9.37. The largest absolute Gasteiger partial charge is 0.458 e. The second kappa shape index (κ2) is 7.58. The third-order valence-corrected chi connectivity index (χ3v) is 4.31. The normalized spacial score (nSPS) is 13.7. The smallest absolute Gasteiger partial charge is 0.170 e. The maximum Gasteiger partial charge on any atom is 0.170 e. The molecule has 0 saturated carbocycles. The van der Waals surface area contributed by atoms with E-state index in [1.807, 2.05) is 62.4 Å². The Balaban J connectivity index is 1.52. The summed E-state index contributed by atoms with van der Waals surface area (Å²) in [6.07, 6.45) is 1.37. The van der Waals surface area contributed by atoms with E-state index in [0.29, 0.717) is 47.4 Å². The summed E-state index contributed by atoms with van der Waals surface area (Å²) >= 11 is 0. The van der Waals surface area contributed by atoms with Gasteiger partial charge in [-0.15, -0.1) is 0 Å². The van der Waals surface area contributed by atoms with Gasteiger partial charge < -0.3 is 29.1 Å². The van der Waals surface area contributed by atoms with E-state index in [2.05, 4.69) is 0 Å². The molecule has 2 atom stereocenters. The lowest BCUT2D eigenvalue weighted by atomic mass is 10.2. The average molecular weight is 380 g/mol. The van der Waals surface area contributed by atoms with Crippen LogP contribution in [0.2, 0.25) is 0 Å². The molecule has 4 aromatic rings. The molecule has 0 fully saturated rings. The lowest BCUT2D eigenvalue weighted by Crippen LogP contribution is -2.17. The van der Waals surface area contributed by atoms with Crippen LogP contribution in [-0.4, -0.2) is 12.1 Å². The van der Waals surface area contributed by atoms with Gasteiger partial charge in [-0.1, -0.05) is 0 Å². The summed E-state index contributed by atoms with van der Waals surface area (Å²) < 4.78 is 23.4. The Labute approximate surface area is 163 Å². The topological polar surface area (TPSA) is 105 Å². The van der Waals surface area contributed by atoms with Crippen LogP contribution in [-0.2, 0) is 12.8 Å². The fraction of sp³-hybridized carbons (Fsp3) is 0.273. The van der Waals surface area contributed by atoms with Crippen molar-refractivity contribution in [2.75, 3.05) is 0 Å². The molecule has 6 nitrogen and oxygen atoms in total. The Morgan fingerprint density at radius 2 is 0.821 bits per heavy atom. The van der Waals surface area contributed by atoms with E-state index in [1.165, 1.54) is 0 Å². The zero-order chi connectivity index (χ0) is 19.7. The van der Waals surface area contributed by atoms with Gasteiger partial charge in [-0.25, -0.2) is 0 Å². The number of hydrogen-bond acceptors (Lipinski definition) is 6. The van der Waals surface area contributed by atoms with E-state index in [9.17, 15) is 0 Å². The SMILES string of the molecule is CC(N)Cc1ccc(-c2ccc(-c3ccc(-c4ccc(CC(C)N)o4)o3)o2)o1. The quantitative estimate of drug-likeness (QED) is 0.475. The molecule has 0 bridgehead atoms. The first-order chi connectivity index (χ1) is 13.5. The van der Waals surface area contributed by atoms with Gasteiger partial charge >= 0.3 is 0 Å². The highest BCUT2D eigenvalue weighted by atomic mass is 16.4. The number of rotatable bonds is 7. The van der Waals surface area contributed by atoms with Crippen LogP contribution in [0.25, 0.3) is 34.6 Å². The fourth-order valence-corrected chi connectivity index (χ4v) is 3.08. The molecule has 4 N–H and O–H groups in total. The summed E-state index contributed by atoms with van der Waals surface area (Å²) in [5.41, 5.74) is 11.6. The van der Waals surface area contributed by atoms with Gasteiger partial charge in [-0.2, -0.15) is 0 Å². The van der Waals surface area contributed by atoms with Crippen LogP contribution in [0.15, 0.2) is 66.2 Å². The predicted molar refractivity (Wildman–Crippen MR) is 107 cm³/mol. The van der Waals surface area contributed by atoms with E-state index in [4.69, 9.17) is 29.1 Å². The lowest BCUT2D eigenvalue weighted by Gasteiger charge is -2.00. The Hall–Kier alpha value is -2.96. The van der Waals surface area contributed by atoms with Crippen LogP contribution in [0.5, 0.6) is 0 Å². The molecule has 0 radical (unpaired) electrons. The highest BCUT2D eigenvalue weighted by Gasteiger charge is 2.16. The van der Waals surface area contributed by atoms with Crippen LogP contribution in [0.1, 0.15) is 25.4 Å². The van der Waals surface area contributed by atoms with Gasteiger partial charge in [0.15, 0.2) is 34.6 Å². The summed E-state index contributed by atoms with van der Waals surface area (Å²) in [4.78, 5) is 0. The molecule has 0 aliphatic heterocycles. The zero-order valence-electron chi connectivity index (χ0n) is 16.0. The maximum atomic E-state index is 5.92. The van der Waals surface area contributed by atoms with Crippen molar-refractivity contribution in [1.82, 2.24) is 0 Å². The monoisotopic (exact) mass is 380 g/mol. The highest BCUT2D eigenvalue weighted by molar-refractivity contribution is 5.62. The van der Waals surface area contributed by atoms with Gasteiger partial charge in [0.05, 0.1) is 0 Å². The lowest BCUT2D eigenvalue weighted by molar-refractivity contribution is 0.470. The van der Waals surface area contributed by atoms with Crippen molar-refractivity contribution >= 4 is 0 Å². The first-order valence-electron chi connectivity index (χ1n) is 9.37. The van der Waals surface area contributed by atoms with E-state index >= 15 is 0 Å². The molecule has 0 saturated heterocycles. The van der Waals surface area contributed by atoms with Crippen molar-refractivity contribution in [2.24, 2.45) is 11.5 Å². The molecule has 4 heterocycles. The summed E-state index contributed by atoms with van der Waals surface area (Å²) in [5.74, 6) is 5.53. The third kappa shape index (κ3) is 3.98. The van der Waals surface area contributed by atoms with Crippen LogP contribution < -0.4 is 11.5 Å². The number of hydrogen-bond donors (Lipinski definition) is 2. The molecule has 4 rings (SSSR count). The van der Waals surface area contributed by atoms with Crippen LogP contribution in [0.3, 0.4) is 0 Å². The Bertz CT molecular complexity index is 964. The summed E-state index contributed by atoms with van der Waals surface area (Å²) in [6.45, 7) is 3.89. The van der Waals surface area contributed by atoms with Crippen molar-refractivity contribution in [3.8, 4) is 34.6 Å². The van der Waals surface area contributed by atoms with Crippen molar-refractivity contribution in [3.05, 3.63) is 60.1 Å². The van der Waals surface area contributed by atoms with Crippen molar-refractivity contribution in [2.45, 2.75) is 38.8 Å². The van der Waals surface area contributed by atoms with E-state index in [0.717, 1.165) is 11.5 Å². The van der Waals surface area contributed by atoms with Gasteiger partial charge in [0.25, 0.3) is 0 Å². The van der Waals surface area contributed by atoms with Crippen molar-refractivity contribution in [3.63, 3.8) is 0 Å². The van der Waals surface area contributed by atoms with Crippen LogP contribution in [0.4, 0.5) is 0 Å². The number of nitrogens with two attached hydrogens (primary N) is 2. The fourth-order valence-electron chi connectivity index (χ4n) is 3.08. The Morgan fingerprint density at radius 3 is 1.14 bits per heavy atom. The molecule has 0 aromatic carbocycles. The second-order valence-corrected chi connectivity index (χ2v) is 7.22. The highest BCUT2D eigenvalue weighted by Crippen LogP contribution is 2.33. The number of furan rings is 4. The second-order valence-electron chi connectivity index (χ2n) is 7.22. The van der Waals surface area contributed by atoms with Gasteiger partial charge in [-0.05, 0) is 62.4 Å². The van der Waals surface area contributed by atoms with Gasteiger partial charge in [-0.3, -0.25) is 0 Å².